The molecule has 1 heterocycles. The van der Waals surface area contributed by atoms with Gasteiger partial charge >= 0.3 is 129 Å². The van der Waals surface area contributed by atoms with Gasteiger partial charge in [0.1, 0.15) is 0 Å². The molecule has 22 heavy (non-hydrogen) atoms. The van der Waals surface area contributed by atoms with Crippen molar-refractivity contribution in [2.24, 2.45) is 0 Å². The second kappa shape index (κ2) is 7.38. The summed E-state index contributed by atoms with van der Waals surface area (Å²) in [4.78, 5) is 15.9. The maximum atomic E-state index is 12.0. The monoisotopic (exact) mass is 473 g/mol. The van der Waals surface area contributed by atoms with Crippen molar-refractivity contribution in [2.75, 3.05) is 29.9 Å². The normalized spacial score (nSPS) is 17.8. The Morgan fingerprint density at radius 2 is 2.09 bits per heavy atom. The number of nitrogens with zero attached hydrogens (tertiary/aromatic N) is 2. The van der Waals surface area contributed by atoms with Gasteiger partial charge in [-0.2, -0.15) is 0 Å². The summed E-state index contributed by atoms with van der Waals surface area (Å²) >= 11 is 1.40. The molecule has 0 saturated carbocycles. The number of ether oxygens (including phenoxy) is 1. The molecular weight excluding hydrogens is 450 g/mol. The first-order chi connectivity index (χ1) is 10.4. The van der Waals surface area contributed by atoms with Crippen LogP contribution in [0.15, 0.2) is 24.3 Å². The first-order valence-electron chi connectivity index (χ1n) is 7.44. The Morgan fingerprint density at radius 3 is 2.64 bits per heavy atom. The van der Waals surface area contributed by atoms with Gasteiger partial charge < -0.3 is 0 Å². The molecule has 0 aliphatic carbocycles. The van der Waals surface area contributed by atoms with Crippen LogP contribution in [0.4, 0.5) is 16.2 Å². The van der Waals surface area contributed by atoms with Gasteiger partial charge in [0.05, 0.1) is 0 Å². The van der Waals surface area contributed by atoms with Crippen LogP contribution in [-0.4, -0.2) is 42.4 Å². The van der Waals surface area contributed by atoms with Crippen molar-refractivity contribution in [3.8, 4) is 0 Å². The van der Waals surface area contributed by atoms with Gasteiger partial charge in [-0.1, -0.05) is 0 Å². The Bertz CT molecular complexity index is 545. The predicted molar refractivity (Wildman–Crippen MR) is 86.3 cm³/mol. The molecule has 1 saturated heterocycles. The SMILES string of the molecule is C[C](=[W])NC[C@H]1CN(c2ccc(N(C)C(C)C)cc2)C(=O)O1. The van der Waals surface area contributed by atoms with E-state index in [0.717, 1.165) is 11.4 Å². The Morgan fingerprint density at radius 1 is 1.45 bits per heavy atom. The van der Waals surface area contributed by atoms with Gasteiger partial charge in [-0.15, -0.1) is 0 Å². The van der Waals surface area contributed by atoms with E-state index in [1.165, 1.54) is 23.4 Å². The molecule has 0 spiro atoms. The van der Waals surface area contributed by atoms with Gasteiger partial charge in [0.25, 0.3) is 0 Å². The van der Waals surface area contributed by atoms with Gasteiger partial charge in [0, 0.05) is 0 Å². The van der Waals surface area contributed by atoms with E-state index in [4.69, 9.17) is 4.74 Å². The summed E-state index contributed by atoms with van der Waals surface area (Å²) in [7, 11) is 2.07. The summed E-state index contributed by atoms with van der Waals surface area (Å²) < 4.78 is 6.61. The Labute approximate surface area is 143 Å². The van der Waals surface area contributed by atoms with E-state index in [0.29, 0.717) is 19.1 Å². The number of carbonyl (C=O) groups excluding carboxylic acids is 1. The molecule has 1 fully saturated rings. The minimum atomic E-state index is -0.266. The molecule has 1 N–H and O–H groups in total. The van der Waals surface area contributed by atoms with Gasteiger partial charge in [0.2, 0.25) is 0 Å². The second-order valence-electron chi connectivity index (χ2n) is 5.77. The molecule has 1 atom stereocenters. The third-order valence-corrected chi connectivity index (χ3v) is 4.31. The van der Waals surface area contributed by atoms with Crippen LogP contribution < -0.4 is 15.1 Å². The number of amides is 1. The van der Waals surface area contributed by atoms with E-state index < -0.39 is 0 Å². The minimum absolute atomic E-state index is 0.0974. The van der Waals surface area contributed by atoms with Crippen LogP contribution in [-0.2, 0) is 24.1 Å². The fraction of sp³-hybridized carbons (Fsp3) is 0.500. The van der Waals surface area contributed by atoms with Crippen molar-refractivity contribution >= 4 is 21.5 Å². The first-order valence-corrected chi connectivity index (χ1v) is 8.90. The van der Waals surface area contributed by atoms with Crippen LogP contribution in [0.25, 0.3) is 0 Å². The molecule has 1 aliphatic rings. The topological polar surface area (TPSA) is 44.8 Å². The van der Waals surface area contributed by atoms with Crippen molar-refractivity contribution in [3.63, 3.8) is 0 Å². The number of hydrogen-bond donors (Lipinski definition) is 1. The molecule has 0 bridgehead atoms. The molecule has 1 amide bonds. The summed E-state index contributed by atoms with van der Waals surface area (Å²) in [5.41, 5.74) is 2.03. The standard InChI is InChI=1S/C16H23N3O2.W/c1-5-17-10-15-11-19(16(20)21-15)14-8-6-13(7-9-14)18(4)12(2)3;/h6-9,12,15,17H,10-11H2,1-4H3;/t15-;/m0./s1. The predicted octanol–water partition coefficient (Wildman–Crippen LogP) is 2.14. The number of carbonyl (C=O) groups is 1. The first kappa shape index (κ1) is 17.2. The quantitative estimate of drug-likeness (QED) is 0.688. The Balaban J connectivity index is 2.02. The molecule has 0 aromatic heterocycles. The van der Waals surface area contributed by atoms with Crippen LogP contribution >= 0.6 is 0 Å². The van der Waals surface area contributed by atoms with Crippen molar-refractivity contribution < 1.29 is 28.9 Å². The summed E-state index contributed by atoms with van der Waals surface area (Å²) in [6.45, 7) is 7.60. The maximum absolute atomic E-state index is 12.0. The number of benzene rings is 1. The molecule has 1 aliphatic heterocycles. The van der Waals surface area contributed by atoms with Crippen LogP contribution in [0.1, 0.15) is 20.8 Å². The Kier molecular flexibility index (Phi) is 5.76. The Hall–Kier alpha value is -1.19. The number of nitrogens with one attached hydrogen (secondary N) is 1. The van der Waals surface area contributed by atoms with E-state index in [-0.39, 0.29) is 12.2 Å². The van der Waals surface area contributed by atoms with Crippen molar-refractivity contribution in [2.45, 2.75) is 32.9 Å². The zero-order valence-corrected chi connectivity index (χ0v) is 16.4. The van der Waals surface area contributed by atoms with Gasteiger partial charge in [-0.3, -0.25) is 0 Å². The molecule has 5 nitrogen and oxygen atoms in total. The molecule has 120 valence electrons. The summed E-state index contributed by atoms with van der Waals surface area (Å²) in [6.07, 6.45) is -0.363. The van der Waals surface area contributed by atoms with Crippen molar-refractivity contribution in [3.05, 3.63) is 24.3 Å². The average Bonchev–Trinajstić information content (AvgIpc) is 2.85. The molecule has 6 heteroatoms. The van der Waals surface area contributed by atoms with Crippen molar-refractivity contribution in [1.82, 2.24) is 5.32 Å². The van der Waals surface area contributed by atoms with Crippen LogP contribution in [0, 0.1) is 0 Å². The molecule has 0 unspecified atom stereocenters. The molecule has 2 rings (SSSR count). The fourth-order valence-electron chi connectivity index (χ4n) is 2.26. The third kappa shape index (κ3) is 4.17. The molecule has 0 radical (unpaired) electrons. The fourth-order valence-corrected chi connectivity index (χ4v) is 2.56. The molecular formula is C16H23N3O2W. The van der Waals surface area contributed by atoms with Crippen LogP contribution in [0.2, 0.25) is 0 Å². The number of hydrogen-bond acceptors (Lipinski definition) is 4. The van der Waals surface area contributed by atoms with Crippen LogP contribution in [0.3, 0.4) is 0 Å². The van der Waals surface area contributed by atoms with Gasteiger partial charge in [-0.25, -0.2) is 0 Å². The van der Waals surface area contributed by atoms with Gasteiger partial charge in [-0.05, 0) is 13.8 Å². The third-order valence-electron chi connectivity index (χ3n) is 3.80. The van der Waals surface area contributed by atoms with Crippen LogP contribution in [0.5, 0.6) is 0 Å². The zero-order valence-electron chi connectivity index (χ0n) is 13.5. The van der Waals surface area contributed by atoms with E-state index in [1.54, 1.807) is 4.90 Å². The van der Waals surface area contributed by atoms with Crippen molar-refractivity contribution in [1.29, 1.82) is 0 Å². The van der Waals surface area contributed by atoms with E-state index >= 15 is 0 Å². The van der Waals surface area contributed by atoms with E-state index in [2.05, 4.69) is 31.1 Å². The summed E-state index contributed by atoms with van der Waals surface area (Å²) in [5, 5.41) is 3.26. The average molecular weight is 473 g/mol. The van der Waals surface area contributed by atoms with E-state index in [1.807, 2.05) is 31.2 Å². The van der Waals surface area contributed by atoms with Gasteiger partial charge in [0.15, 0.2) is 0 Å². The number of rotatable bonds is 6. The van der Waals surface area contributed by atoms with E-state index in [9.17, 15) is 4.79 Å². The summed E-state index contributed by atoms with van der Waals surface area (Å²) in [6, 6.07) is 8.48. The molecule has 1 aromatic carbocycles. The number of anilines is 2. The molecule has 1 aromatic rings. The second-order valence-corrected chi connectivity index (χ2v) is 7.97. The number of cyclic esters (lactones) is 1. The zero-order chi connectivity index (χ0) is 16.3. The summed E-state index contributed by atoms with van der Waals surface area (Å²) in [5.74, 6) is 0.